The molecule has 1 aliphatic rings. The zero-order valence-electron chi connectivity index (χ0n) is 12.7. The van der Waals surface area contributed by atoms with Crippen molar-refractivity contribution in [3.63, 3.8) is 0 Å². The molecule has 0 radical (unpaired) electrons. The van der Waals surface area contributed by atoms with Gasteiger partial charge in [0.1, 0.15) is 0 Å². The smallest absolute Gasteiger partial charge is 0.300 e. The molecule has 7 heteroatoms. The number of nitrogens with two attached hydrogens (primary N) is 1. The topological polar surface area (TPSA) is 98.8 Å². The third-order valence-corrected chi connectivity index (χ3v) is 4.11. The van der Waals surface area contributed by atoms with Gasteiger partial charge in [0.25, 0.3) is 5.97 Å². The van der Waals surface area contributed by atoms with Gasteiger partial charge in [-0.1, -0.05) is 19.4 Å². The first-order chi connectivity index (χ1) is 10.4. The normalized spacial score (nSPS) is 13.0. The van der Waals surface area contributed by atoms with Crippen LogP contribution in [0.5, 0.6) is 11.5 Å². The van der Waals surface area contributed by atoms with Gasteiger partial charge in [0, 0.05) is 12.2 Å². The van der Waals surface area contributed by atoms with Crippen LogP contribution in [0.1, 0.15) is 37.5 Å². The molecule has 0 spiro atoms. The van der Waals surface area contributed by atoms with Crippen LogP contribution in [-0.2, 0) is 9.59 Å². The van der Waals surface area contributed by atoms with Crippen molar-refractivity contribution >= 4 is 23.6 Å². The van der Waals surface area contributed by atoms with E-state index in [2.05, 4.69) is 6.92 Å². The summed E-state index contributed by atoms with van der Waals surface area (Å²) in [4.78, 5) is 19.9. The number of carboxylic acids is 1. The Morgan fingerprint density at radius 2 is 2.00 bits per heavy atom. The molecule has 22 heavy (non-hydrogen) atoms. The second kappa shape index (κ2) is 9.19. The van der Waals surface area contributed by atoms with Crippen molar-refractivity contribution in [3.8, 4) is 11.5 Å². The Balaban J connectivity index is 0.000000541. The third-order valence-electron chi connectivity index (χ3n) is 2.75. The molecule has 1 aromatic carbocycles. The zero-order valence-corrected chi connectivity index (χ0v) is 13.5. The minimum atomic E-state index is -0.833. The van der Waals surface area contributed by atoms with Crippen LogP contribution in [-0.4, -0.2) is 29.5 Å². The first-order valence-electron chi connectivity index (χ1n) is 6.93. The lowest BCUT2D eigenvalue weighted by molar-refractivity contribution is -0.134. The molecule has 1 unspecified atom stereocenters. The van der Waals surface area contributed by atoms with Crippen LogP contribution in [0.25, 0.3) is 0 Å². The summed E-state index contributed by atoms with van der Waals surface area (Å²) in [5, 5.41) is 7.69. The number of hydrogen-bond acceptors (Lipinski definition) is 5. The summed E-state index contributed by atoms with van der Waals surface area (Å²) in [6.45, 7) is 3.50. The van der Waals surface area contributed by atoms with Crippen molar-refractivity contribution in [1.82, 2.24) is 0 Å². The summed E-state index contributed by atoms with van der Waals surface area (Å²) in [7, 11) is 0. The van der Waals surface area contributed by atoms with E-state index in [9.17, 15) is 4.79 Å². The van der Waals surface area contributed by atoms with E-state index in [-0.39, 0.29) is 18.0 Å². The minimum Gasteiger partial charge on any atom is -0.481 e. The first kappa shape index (κ1) is 18.2. The number of rotatable bonds is 6. The molecule has 1 aliphatic heterocycles. The molecular weight excluding hydrogens is 306 g/mol. The van der Waals surface area contributed by atoms with Crippen molar-refractivity contribution in [3.05, 3.63) is 23.8 Å². The monoisotopic (exact) mass is 327 g/mol. The maximum Gasteiger partial charge on any atom is 0.300 e. The number of aliphatic carboxylic acids is 1. The molecule has 0 fully saturated rings. The predicted octanol–water partition coefficient (Wildman–Crippen LogP) is 2.57. The number of amides is 1. The van der Waals surface area contributed by atoms with E-state index < -0.39 is 5.97 Å². The van der Waals surface area contributed by atoms with Crippen molar-refractivity contribution in [2.75, 3.05) is 12.5 Å². The van der Waals surface area contributed by atoms with E-state index >= 15 is 0 Å². The number of carbonyl (C=O) groups excluding carboxylic acids is 1. The lowest BCUT2D eigenvalue weighted by atomic mass is 10.1. The van der Waals surface area contributed by atoms with Crippen molar-refractivity contribution in [2.45, 2.75) is 31.9 Å². The van der Waals surface area contributed by atoms with Crippen molar-refractivity contribution < 1.29 is 24.2 Å². The van der Waals surface area contributed by atoms with E-state index in [1.807, 2.05) is 18.2 Å². The molecule has 2 rings (SSSR count). The van der Waals surface area contributed by atoms with E-state index in [1.54, 1.807) is 11.8 Å². The highest BCUT2D eigenvalue weighted by molar-refractivity contribution is 8.00. The molecule has 1 heterocycles. The fourth-order valence-corrected chi connectivity index (χ4v) is 3.01. The predicted molar refractivity (Wildman–Crippen MR) is 85.2 cm³/mol. The summed E-state index contributed by atoms with van der Waals surface area (Å²) in [5.74, 6) is 0.808. The summed E-state index contributed by atoms with van der Waals surface area (Å²) < 4.78 is 10.7. The molecule has 3 N–H and O–H groups in total. The largest absolute Gasteiger partial charge is 0.481 e. The second-order valence-corrected chi connectivity index (χ2v) is 5.88. The second-order valence-electron chi connectivity index (χ2n) is 4.69. The van der Waals surface area contributed by atoms with E-state index in [1.165, 1.54) is 0 Å². The highest BCUT2D eigenvalue weighted by Gasteiger charge is 2.18. The number of hydrogen-bond donors (Lipinski definition) is 2. The number of fused-ring (bicyclic) bond motifs is 1. The van der Waals surface area contributed by atoms with E-state index in [4.69, 9.17) is 25.1 Å². The van der Waals surface area contributed by atoms with Gasteiger partial charge in [-0.05, 0) is 24.1 Å². The van der Waals surface area contributed by atoms with Gasteiger partial charge in [-0.2, -0.15) is 0 Å². The van der Waals surface area contributed by atoms with Gasteiger partial charge >= 0.3 is 0 Å². The molecule has 0 aliphatic carbocycles. The van der Waals surface area contributed by atoms with Gasteiger partial charge in [-0.15, -0.1) is 11.8 Å². The molecule has 0 saturated heterocycles. The van der Waals surface area contributed by atoms with Crippen LogP contribution in [0.2, 0.25) is 0 Å². The van der Waals surface area contributed by atoms with E-state index in [0.717, 1.165) is 36.8 Å². The van der Waals surface area contributed by atoms with Crippen LogP contribution in [0.15, 0.2) is 18.2 Å². The summed E-state index contributed by atoms with van der Waals surface area (Å²) in [6, 6.07) is 5.95. The lowest BCUT2D eigenvalue weighted by Crippen LogP contribution is -2.14. The van der Waals surface area contributed by atoms with Gasteiger partial charge in [-0.25, -0.2) is 0 Å². The maximum absolute atomic E-state index is 10.9. The molecule has 0 bridgehead atoms. The first-order valence-corrected chi connectivity index (χ1v) is 7.97. The molecule has 0 aromatic heterocycles. The van der Waals surface area contributed by atoms with Gasteiger partial charge in [0.05, 0.1) is 5.75 Å². The average Bonchev–Trinajstić information content (AvgIpc) is 2.89. The molecule has 1 amide bonds. The molecule has 1 aromatic rings. The zero-order chi connectivity index (χ0) is 16.5. The Morgan fingerprint density at radius 3 is 2.59 bits per heavy atom. The van der Waals surface area contributed by atoms with Crippen molar-refractivity contribution in [2.24, 2.45) is 5.73 Å². The summed E-state index contributed by atoms with van der Waals surface area (Å²) in [6.07, 6.45) is 2.07. The fourth-order valence-electron chi connectivity index (χ4n) is 1.90. The molecule has 0 saturated carbocycles. The van der Waals surface area contributed by atoms with Crippen LogP contribution in [0, 0.1) is 0 Å². The van der Waals surface area contributed by atoms with Gasteiger partial charge in [-0.3, -0.25) is 9.59 Å². The van der Waals surface area contributed by atoms with Gasteiger partial charge in [0.2, 0.25) is 12.7 Å². The number of carbonyl (C=O) groups is 2. The Labute approximate surface area is 134 Å². The van der Waals surface area contributed by atoms with Crippen LogP contribution >= 0.6 is 11.8 Å². The quantitative estimate of drug-likeness (QED) is 0.833. The number of thioether (sulfide) groups is 1. The Bertz CT molecular complexity index is 517. The van der Waals surface area contributed by atoms with Gasteiger partial charge in [0.15, 0.2) is 11.5 Å². The standard InChI is InChI=1S/C13H17NO3S.C2H4O2/c1-2-3-12(18-7-13(14)15)9-4-5-10-11(6-9)17-8-16-10;1-2(3)4/h4-6,12H,2-3,7-8H2,1H3,(H2,14,15);1H3,(H,3,4). The van der Waals surface area contributed by atoms with Crippen LogP contribution < -0.4 is 15.2 Å². The Morgan fingerprint density at radius 1 is 1.36 bits per heavy atom. The van der Waals surface area contributed by atoms with Crippen LogP contribution in [0.4, 0.5) is 0 Å². The summed E-state index contributed by atoms with van der Waals surface area (Å²) in [5.41, 5.74) is 6.36. The molecular formula is C15H21NO5S. The van der Waals surface area contributed by atoms with Gasteiger partial charge < -0.3 is 20.3 Å². The number of ether oxygens (including phenoxy) is 2. The number of carboxylic acid groups (broad SMARTS) is 1. The number of primary amides is 1. The third kappa shape index (κ3) is 6.26. The maximum atomic E-state index is 10.9. The van der Waals surface area contributed by atoms with E-state index in [0.29, 0.717) is 5.75 Å². The highest BCUT2D eigenvalue weighted by Crippen LogP contribution is 2.39. The van der Waals surface area contributed by atoms with Crippen LogP contribution in [0.3, 0.4) is 0 Å². The molecule has 6 nitrogen and oxygen atoms in total. The minimum absolute atomic E-state index is 0.275. The fraction of sp³-hybridized carbons (Fsp3) is 0.467. The van der Waals surface area contributed by atoms with Crippen molar-refractivity contribution in [1.29, 1.82) is 0 Å². The lowest BCUT2D eigenvalue weighted by Gasteiger charge is -2.15. The number of benzene rings is 1. The molecule has 1 atom stereocenters. The Kier molecular flexibility index (Phi) is 7.59. The highest BCUT2D eigenvalue weighted by atomic mass is 32.2. The SMILES string of the molecule is CC(=O)O.CCCC(SCC(N)=O)c1ccc2c(c1)OCO2. The Hall–Kier alpha value is -1.89. The average molecular weight is 327 g/mol. The summed E-state index contributed by atoms with van der Waals surface area (Å²) >= 11 is 1.58. The molecule has 122 valence electrons.